The number of fused-ring (bicyclic) bond motifs is 3. The Kier molecular flexibility index (Phi) is 3.81. The number of benzene rings is 1. The molecule has 0 fully saturated rings. The number of amides is 3. The van der Waals surface area contributed by atoms with Gasteiger partial charge in [0.25, 0.3) is 5.91 Å². The number of anilines is 1. The monoisotopic (exact) mass is 393 g/mol. The van der Waals surface area contributed by atoms with E-state index >= 15 is 0 Å². The number of aromatic nitrogens is 1. The zero-order valence-electron chi connectivity index (χ0n) is 12.5. The van der Waals surface area contributed by atoms with Gasteiger partial charge >= 0.3 is 23.0 Å². The Morgan fingerprint density at radius 1 is 1.22 bits per heavy atom. The van der Waals surface area contributed by atoms with Crippen molar-refractivity contribution < 1.29 is 35.7 Å². The van der Waals surface area contributed by atoms with Crippen molar-refractivity contribution in [2.45, 2.75) is 6.04 Å². The van der Waals surface area contributed by atoms with Gasteiger partial charge in [-0.1, -0.05) is 30.3 Å². The Balaban J connectivity index is 0.00000156. The number of rotatable bonds is 1. The largest absolute Gasteiger partial charge is 1.00 e. The van der Waals surface area contributed by atoms with E-state index in [2.05, 4.69) is 5.32 Å². The van der Waals surface area contributed by atoms with Crippen LogP contribution >= 0.6 is 11.3 Å². The summed E-state index contributed by atoms with van der Waals surface area (Å²) in [4.78, 5) is 26.6. The minimum absolute atomic E-state index is 0. The molecule has 0 saturated heterocycles. The van der Waals surface area contributed by atoms with Crippen LogP contribution in [0.15, 0.2) is 36.5 Å². The Morgan fingerprint density at radius 2 is 1.91 bits per heavy atom. The van der Waals surface area contributed by atoms with Crippen LogP contribution < -0.4 is 26.9 Å². The van der Waals surface area contributed by atoms with E-state index in [0.29, 0.717) is 5.84 Å². The first-order valence-electron chi connectivity index (χ1n) is 6.88. The van der Waals surface area contributed by atoms with Crippen molar-refractivity contribution >= 4 is 34.2 Å². The molecule has 0 bridgehead atoms. The molecule has 2 aliphatic heterocycles. The van der Waals surface area contributed by atoms with E-state index in [-0.39, 0.29) is 28.9 Å². The standard InChI is InChI=1S/C15H13N4O2S.BrH/c1-17-12-11(13(20)18(2)15(17)21)16-14-19(12)8-10(22-14)9-6-4-3-5-7-9;/h3-8,11H,1-2H3;1H/q+1;. The molecule has 8 heteroatoms. The second-order valence-electron chi connectivity index (χ2n) is 5.31. The van der Waals surface area contributed by atoms with Crippen LogP contribution in [-0.4, -0.2) is 47.4 Å². The van der Waals surface area contributed by atoms with Crippen LogP contribution in [0.2, 0.25) is 0 Å². The summed E-state index contributed by atoms with van der Waals surface area (Å²) in [6, 6.07) is 9.22. The normalized spacial score (nSPS) is 19.2. The van der Waals surface area contributed by atoms with Crippen molar-refractivity contribution in [3.63, 3.8) is 0 Å². The Morgan fingerprint density at radius 3 is 2.61 bits per heavy atom. The maximum atomic E-state index is 12.3. The fourth-order valence-corrected chi connectivity index (χ4v) is 3.87. The number of nitrogens with one attached hydrogen (secondary N) is 1. The van der Waals surface area contributed by atoms with Gasteiger partial charge in [-0.05, 0) is 16.9 Å². The molecule has 1 aromatic heterocycles. The molecule has 1 unspecified atom stereocenters. The number of carbonyl (C=O) groups is 2. The third kappa shape index (κ3) is 2.21. The number of urea groups is 1. The molecule has 1 aromatic carbocycles. The molecular formula is C15H14BrN4O2S+. The summed E-state index contributed by atoms with van der Waals surface area (Å²) < 4.78 is 3.43. The average molecular weight is 394 g/mol. The first-order chi connectivity index (χ1) is 10.6. The minimum atomic E-state index is -0.497. The Hall–Kier alpha value is -2.06. The molecule has 2 aliphatic rings. The highest BCUT2D eigenvalue weighted by atomic mass is 79.9. The highest BCUT2D eigenvalue weighted by Gasteiger charge is 2.56. The summed E-state index contributed by atoms with van der Waals surface area (Å²) >= 11 is 1.57. The zero-order chi connectivity index (χ0) is 15.4. The van der Waals surface area contributed by atoms with Crippen LogP contribution in [-0.2, 0) is 4.79 Å². The van der Waals surface area contributed by atoms with Crippen molar-refractivity contribution in [1.82, 2.24) is 4.90 Å². The molecule has 118 valence electrons. The van der Waals surface area contributed by atoms with Gasteiger partial charge in [-0.2, -0.15) is 0 Å². The van der Waals surface area contributed by atoms with E-state index in [0.717, 1.165) is 20.5 Å². The van der Waals surface area contributed by atoms with E-state index < -0.39 is 6.04 Å². The molecule has 0 saturated carbocycles. The maximum Gasteiger partial charge on any atom is 0.447 e. The van der Waals surface area contributed by atoms with Gasteiger partial charge in [0.2, 0.25) is 0 Å². The molecule has 0 aliphatic carbocycles. The van der Waals surface area contributed by atoms with E-state index in [9.17, 15) is 9.59 Å². The van der Waals surface area contributed by atoms with Crippen molar-refractivity contribution in [2.75, 3.05) is 19.4 Å². The van der Waals surface area contributed by atoms with Crippen molar-refractivity contribution in [3.8, 4) is 10.4 Å². The van der Waals surface area contributed by atoms with Crippen LogP contribution in [0, 0.1) is 0 Å². The molecule has 4 rings (SSSR count). The van der Waals surface area contributed by atoms with Crippen molar-refractivity contribution in [2.24, 2.45) is 0 Å². The van der Waals surface area contributed by atoms with Gasteiger partial charge < -0.3 is 17.0 Å². The quantitative estimate of drug-likeness (QED) is 0.569. The number of likely N-dealkylation sites (N-methyl/N-ethyl adjacent to an activating group) is 1. The molecule has 1 N–H and O–H groups in total. The third-order valence-electron chi connectivity index (χ3n) is 4.00. The lowest BCUT2D eigenvalue weighted by atomic mass is 10.2. The van der Waals surface area contributed by atoms with Crippen LogP contribution in [0.4, 0.5) is 9.93 Å². The van der Waals surface area contributed by atoms with Crippen LogP contribution in [0.25, 0.3) is 10.4 Å². The van der Waals surface area contributed by atoms with Crippen molar-refractivity contribution in [3.05, 3.63) is 36.5 Å². The molecule has 0 spiro atoms. The average Bonchev–Trinajstić information content (AvgIpc) is 3.09. The maximum absolute atomic E-state index is 12.3. The van der Waals surface area contributed by atoms with E-state index in [1.54, 1.807) is 18.4 Å². The fraction of sp³-hybridized carbons (Fsp3) is 0.200. The molecule has 0 radical (unpaired) electrons. The number of imide groups is 1. The van der Waals surface area contributed by atoms with Gasteiger partial charge in [0, 0.05) is 7.05 Å². The SMILES string of the molecule is CN1C(=O)C2Nc3sc(-c4ccccc4)c[n+]3C2=[N+](C)C1=O.[Br-]. The molecule has 6 nitrogen and oxygen atoms in total. The van der Waals surface area contributed by atoms with Gasteiger partial charge in [0.05, 0.1) is 4.88 Å². The van der Waals surface area contributed by atoms with Crippen LogP contribution in [0.5, 0.6) is 0 Å². The fourth-order valence-electron chi connectivity index (χ4n) is 2.83. The molecule has 23 heavy (non-hydrogen) atoms. The summed E-state index contributed by atoms with van der Waals surface area (Å²) in [6.07, 6.45) is 1.97. The van der Waals surface area contributed by atoms with Gasteiger partial charge in [-0.3, -0.25) is 4.79 Å². The molecule has 1 atom stereocenters. The Labute approximate surface area is 147 Å². The van der Waals surface area contributed by atoms with Gasteiger partial charge in [-0.25, -0.2) is 15.0 Å². The van der Waals surface area contributed by atoms with E-state index in [1.165, 1.54) is 11.6 Å². The zero-order valence-corrected chi connectivity index (χ0v) is 14.9. The smallest absolute Gasteiger partial charge is 0.447 e. The van der Waals surface area contributed by atoms with Crippen LogP contribution in [0.3, 0.4) is 0 Å². The highest BCUT2D eigenvalue weighted by Crippen LogP contribution is 2.31. The van der Waals surface area contributed by atoms with E-state index in [1.807, 2.05) is 41.1 Å². The summed E-state index contributed by atoms with van der Waals surface area (Å²) in [7, 11) is 3.20. The number of carbonyl (C=O) groups excluding carboxylic acids is 2. The van der Waals surface area contributed by atoms with Gasteiger partial charge in [-0.15, -0.1) is 9.14 Å². The van der Waals surface area contributed by atoms with Crippen LogP contribution in [0.1, 0.15) is 0 Å². The molecule has 3 heterocycles. The first-order valence-corrected chi connectivity index (χ1v) is 7.69. The molecule has 2 aromatic rings. The Bertz CT molecular complexity index is 846. The second kappa shape index (κ2) is 5.54. The summed E-state index contributed by atoms with van der Waals surface area (Å²) in [5, 5.41) is 4.08. The second-order valence-corrected chi connectivity index (χ2v) is 6.34. The minimum Gasteiger partial charge on any atom is -1.00 e. The number of hydrogen-bond acceptors (Lipinski definition) is 4. The predicted molar refractivity (Wildman–Crippen MR) is 82.1 cm³/mol. The van der Waals surface area contributed by atoms with Gasteiger partial charge in [0.15, 0.2) is 0 Å². The van der Waals surface area contributed by atoms with Gasteiger partial charge in [0.1, 0.15) is 13.2 Å². The lowest BCUT2D eigenvalue weighted by Gasteiger charge is -2.18. The number of halogens is 1. The predicted octanol–water partition coefficient (Wildman–Crippen LogP) is -2.02. The summed E-state index contributed by atoms with van der Waals surface area (Å²) in [6.45, 7) is 0. The number of nitrogens with zero attached hydrogens (tertiary/aromatic N) is 3. The third-order valence-corrected chi connectivity index (χ3v) is 5.07. The lowest BCUT2D eigenvalue weighted by molar-refractivity contribution is -0.590. The summed E-state index contributed by atoms with van der Waals surface area (Å²) in [5.41, 5.74) is 1.11. The summed E-state index contributed by atoms with van der Waals surface area (Å²) in [5.74, 6) is 0.441. The number of thiazole rings is 1. The highest BCUT2D eigenvalue weighted by molar-refractivity contribution is 7.18. The first kappa shape index (κ1) is 15.8. The molecular weight excluding hydrogens is 380 g/mol. The topological polar surface area (TPSA) is 56.3 Å². The molecule has 3 amide bonds. The lowest BCUT2D eigenvalue weighted by Crippen LogP contribution is -3.00. The van der Waals surface area contributed by atoms with Crippen molar-refractivity contribution in [1.29, 1.82) is 0 Å². The number of hydrogen-bond donors (Lipinski definition) is 1. The van der Waals surface area contributed by atoms with E-state index in [4.69, 9.17) is 0 Å².